The van der Waals surface area contributed by atoms with Crippen molar-refractivity contribution in [2.75, 3.05) is 26.2 Å². The summed E-state index contributed by atoms with van der Waals surface area (Å²) in [5.74, 6) is -0.211. The number of esters is 1. The number of benzene rings is 1. The zero-order chi connectivity index (χ0) is 12.8. The number of hydrogen-bond donors (Lipinski definition) is 0. The van der Waals surface area contributed by atoms with E-state index in [2.05, 4.69) is 27.5 Å². The van der Waals surface area contributed by atoms with Gasteiger partial charge in [0.2, 0.25) is 0 Å². The van der Waals surface area contributed by atoms with Gasteiger partial charge in [-0.3, -0.25) is 4.90 Å². The van der Waals surface area contributed by atoms with E-state index < -0.39 is 0 Å². The molecular weight excluding hydrogens is 341 g/mol. The van der Waals surface area contributed by atoms with Gasteiger partial charge in [0.1, 0.15) is 6.61 Å². The lowest BCUT2D eigenvalue weighted by atomic mass is 10.1. The van der Waals surface area contributed by atoms with Gasteiger partial charge in [0.25, 0.3) is 0 Å². The van der Waals surface area contributed by atoms with Crippen LogP contribution in [-0.2, 0) is 4.74 Å². The van der Waals surface area contributed by atoms with Gasteiger partial charge in [-0.25, -0.2) is 4.79 Å². The first-order chi connectivity index (χ1) is 8.77. The predicted molar refractivity (Wildman–Crippen MR) is 79.7 cm³/mol. The Balaban J connectivity index is 1.76. The van der Waals surface area contributed by atoms with Gasteiger partial charge >= 0.3 is 5.97 Å². The first kappa shape index (κ1) is 13.8. The third-order valence-electron chi connectivity index (χ3n) is 3.18. The molecule has 1 aromatic carbocycles. The van der Waals surface area contributed by atoms with Crippen LogP contribution in [0.1, 0.15) is 29.6 Å². The summed E-state index contributed by atoms with van der Waals surface area (Å²) < 4.78 is 6.27. The molecule has 0 aliphatic carbocycles. The van der Waals surface area contributed by atoms with Crippen molar-refractivity contribution in [1.29, 1.82) is 0 Å². The Morgan fingerprint density at radius 2 is 1.94 bits per heavy atom. The Labute approximate surface area is 122 Å². The van der Waals surface area contributed by atoms with Crippen LogP contribution < -0.4 is 0 Å². The van der Waals surface area contributed by atoms with E-state index in [9.17, 15) is 4.79 Å². The van der Waals surface area contributed by atoms with Gasteiger partial charge in [0, 0.05) is 10.1 Å². The van der Waals surface area contributed by atoms with Gasteiger partial charge < -0.3 is 4.74 Å². The Morgan fingerprint density at radius 1 is 1.22 bits per heavy atom. The molecule has 3 nitrogen and oxygen atoms in total. The van der Waals surface area contributed by atoms with Crippen LogP contribution in [0.4, 0.5) is 0 Å². The average molecular weight is 359 g/mol. The SMILES string of the molecule is O=C(OCCN1CCCCC1)c1ccccc1I. The van der Waals surface area contributed by atoms with E-state index in [1.807, 2.05) is 24.3 Å². The van der Waals surface area contributed by atoms with Crippen LogP contribution in [0.25, 0.3) is 0 Å². The molecule has 0 atom stereocenters. The lowest BCUT2D eigenvalue weighted by Gasteiger charge is -2.25. The van der Waals surface area contributed by atoms with E-state index in [4.69, 9.17) is 4.74 Å². The van der Waals surface area contributed by atoms with Crippen LogP contribution in [0.2, 0.25) is 0 Å². The maximum atomic E-state index is 11.9. The van der Waals surface area contributed by atoms with Crippen LogP contribution in [0.15, 0.2) is 24.3 Å². The molecule has 0 radical (unpaired) electrons. The Hall–Kier alpha value is -0.620. The predicted octanol–water partition coefficient (Wildman–Crippen LogP) is 2.93. The number of halogens is 1. The summed E-state index contributed by atoms with van der Waals surface area (Å²) in [4.78, 5) is 14.2. The van der Waals surface area contributed by atoms with Gasteiger partial charge in [-0.2, -0.15) is 0 Å². The molecule has 0 saturated carbocycles. The second kappa shape index (κ2) is 7.09. The van der Waals surface area contributed by atoms with Crippen LogP contribution in [0, 0.1) is 3.57 Å². The number of carbonyl (C=O) groups is 1. The highest BCUT2D eigenvalue weighted by molar-refractivity contribution is 14.1. The van der Waals surface area contributed by atoms with E-state index in [0.29, 0.717) is 12.2 Å². The normalized spacial score (nSPS) is 16.5. The summed E-state index contributed by atoms with van der Waals surface area (Å²) in [6, 6.07) is 7.52. The van der Waals surface area contributed by atoms with E-state index in [-0.39, 0.29) is 5.97 Å². The number of carbonyl (C=O) groups excluding carboxylic acids is 1. The van der Waals surface area contributed by atoms with Gasteiger partial charge in [-0.05, 0) is 60.7 Å². The molecule has 4 heteroatoms. The largest absolute Gasteiger partial charge is 0.461 e. The first-order valence-electron chi connectivity index (χ1n) is 6.41. The average Bonchev–Trinajstić information content (AvgIpc) is 2.40. The molecule has 98 valence electrons. The lowest BCUT2D eigenvalue weighted by molar-refractivity contribution is 0.0451. The number of likely N-dealkylation sites (tertiary alicyclic amines) is 1. The highest BCUT2D eigenvalue weighted by Crippen LogP contribution is 2.13. The van der Waals surface area contributed by atoms with E-state index in [0.717, 1.165) is 23.2 Å². The molecule has 0 amide bonds. The maximum absolute atomic E-state index is 11.9. The van der Waals surface area contributed by atoms with Crippen molar-refractivity contribution < 1.29 is 9.53 Å². The van der Waals surface area contributed by atoms with Crippen molar-refractivity contribution in [2.24, 2.45) is 0 Å². The molecule has 0 spiro atoms. The molecule has 1 aliphatic heterocycles. The molecule has 1 heterocycles. The fraction of sp³-hybridized carbons (Fsp3) is 0.500. The van der Waals surface area contributed by atoms with E-state index >= 15 is 0 Å². The molecule has 2 rings (SSSR count). The molecule has 1 aromatic rings. The van der Waals surface area contributed by atoms with Crippen molar-refractivity contribution in [3.63, 3.8) is 0 Å². The summed E-state index contributed by atoms with van der Waals surface area (Å²) in [5, 5.41) is 0. The zero-order valence-corrected chi connectivity index (χ0v) is 12.6. The lowest BCUT2D eigenvalue weighted by Crippen LogP contribution is -2.33. The Kier molecular flexibility index (Phi) is 5.44. The van der Waals surface area contributed by atoms with E-state index in [1.54, 1.807) is 0 Å². The van der Waals surface area contributed by atoms with Crippen molar-refractivity contribution in [3.8, 4) is 0 Å². The third kappa shape index (κ3) is 3.95. The molecule has 0 unspecified atom stereocenters. The number of rotatable bonds is 4. The van der Waals surface area contributed by atoms with Crippen LogP contribution >= 0.6 is 22.6 Å². The number of piperidine rings is 1. The highest BCUT2D eigenvalue weighted by atomic mass is 127. The Bertz CT molecular complexity index is 403. The summed E-state index contributed by atoms with van der Waals surface area (Å²) in [7, 11) is 0. The maximum Gasteiger partial charge on any atom is 0.339 e. The van der Waals surface area contributed by atoms with Gasteiger partial charge in [-0.15, -0.1) is 0 Å². The Morgan fingerprint density at radius 3 is 2.67 bits per heavy atom. The first-order valence-corrected chi connectivity index (χ1v) is 7.49. The molecule has 1 saturated heterocycles. The molecule has 18 heavy (non-hydrogen) atoms. The smallest absolute Gasteiger partial charge is 0.339 e. The summed E-state index contributed by atoms with van der Waals surface area (Å²) in [6.07, 6.45) is 3.87. The number of hydrogen-bond acceptors (Lipinski definition) is 3. The standard InChI is InChI=1S/C14H18INO2/c15-13-7-3-2-6-12(13)14(17)18-11-10-16-8-4-1-5-9-16/h2-3,6-7H,1,4-5,8-11H2. The van der Waals surface area contributed by atoms with E-state index in [1.165, 1.54) is 19.3 Å². The van der Waals surface area contributed by atoms with Gasteiger partial charge in [0.05, 0.1) is 5.56 Å². The molecular formula is C14H18INO2. The van der Waals surface area contributed by atoms with Crippen molar-refractivity contribution >= 4 is 28.6 Å². The van der Waals surface area contributed by atoms with Crippen molar-refractivity contribution in [2.45, 2.75) is 19.3 Å². The van der Waals surface area contributed by atoms with Crippen molar-refractivity contribution in [1.82, 2.24) is 4.90 Å². The quantitative estimate of drug-likeness (QED) is 0.612. The monoisotopic (exact) mass is 359 g/mol. The molecule has 0 N–H and O–H groups in total. The highest BCUT2D eigenvalue weighted by Gasteiger charge is 2.13. The molecule has 0 aromatic heterocycles. The molecule has 1 aliphatic rings. The summed E-state index contributed by atoms with van der Waals surface area (Å²) in [5.41, 5.74) is 0.664. The second-order valence-corrected chi connectivity index (χ2v) is 5.68. The molecule has 1 fully saturated rings. The zero-order valence-electron chi connectivity index (χ0n) is 10.4. The second-order valence-electron chi connectivity index (χ2n) is 4.52. The minimum atomic E-state index is -0.211. The topological polar surface area (TPSA) is 29.5 Å². The summed E-state index contributed by atoms with van der Waals surface area (Å²) >= 11 is 2.16. The fourth-order valence-corrected chi connectivity index (χ4v) is 2.76. The number of ether oxygens (including phenoxy) is 1. The molecule has 0 bridgehead atoms. The van der Waals surface area contributed by atoms with Gasteiger partial charge in [0.15, 0.2) is 0 Å². The number of nitrogens with zero attached hydrogens (tertiary/aromatic N) is 1. The van der Waals surface area contributed by atoms with Crippen LogP contribution in [0.5, 0.6) is 0 Å². The minimum absolute atomic E-state index is 0.211. The minimum Gasteiger partial charge on any atom is -0.461 e. The van der Waals surface area contributed by atoms with Crippen molar-refractivity contribution in [3.05, 3.63) is 33.4 Å². The van der Waals surface area contributed by atoms with Gasteiger partial charge in [-0.1, -0.05) is 18.6 Å². The fourth-order valence-electron chi connectivity index (χ4n) is 2.15. The van der Waals surface area contributed by atoms with Crippen LogP contribution in [0.3, 0.4) is 0 Å². The summed E-state index contributed by atoms with van der Waals surface area (Å²) in [6.45, 7) is 3.62. The van der Waals surface area contributed by atoms with Crippen LogP contribution in [-0.4, -0.2) is 37.1 Å². The third-order valence-corrected chi connectivity index (χ3v) is 4.12.